The number of rotatable bonds is 10. The van der Waals surface area contributed by atoms with Gasteiger partial charge in [0, 0.05) is 38.4 Å². The van der Waals surface area contributed by atoms with Gasteiger partial charge in [-0.15, -0.1) is 0 Å². The van der Waals surface area contributed by atoms with Gasteiger partial charge < -0.3 is 24.8 Å². The topological polar surface area (TPSA) is 64.1 Å². The van der Waals surface area contributed by atoms with Crippen LogP contribution in [0.15, 0.2) is 23.2 Å². The number of guanidine groups is 1. The van der Waals surface area contributed by atoms with E-state index < -0.39 is 0 Å². The fourth-order valence-electron chi connectivity index (χ4n) is 2.06. The summed E-state index contributed by atoms with van der Waals surface area (Å²) in [7, 11) is 5.04. The fraction of sp³-hybridized carbons (Fsp3) is 0.611. The van der Waals surface area contributed by atoms with E-state index in [4.69, 9.17) is 14.2 Å². The molecule has 1 rings (SSSR count). The van der Waals surface area contributed by atoms with Crippen LogP contribution in [-0.4, -0.2) is 47.0 Å². The summed E-state index contributed by atoms with van der Waals surface area (Å²) in [5, 5.41) is 6.51. The van der Waals surface area contributed by atoms with Crippen molar-refractivity contribution in [3.05, 3.63) is 23.8 Å². The first kappa shape index (κ1) is 20.1. The maximum Gasteiger partial charge on any atom is 0.191 e. The summed E-state index contributed by atoms with van der Waals surface area (Å²) in [6.07, 6.45) is 1.09. The Balaban J connectivity index is 2.36. The molecule has 6 nitrogen and oxygen atoms in total. The average Bonchev–Trinajstić information content (AvgIpc) is 2.60. The first-order valence-corrected chi connectivity index (χ1v) is 8.33. The number of hydrogen-bond acceptors (Lipinski definition) is 4. The SMILES string of the molecule is CN=C(NCCOCCC(C)C)NCc1ccc(OC)cc1OC. The normalized spacial score (nSPS) is 11.5. The van der Waals surface area contributed by atoms with Crippen molar-refractivity contribution in [2.75, 3.05) is 41.0 Å². The van der Waals surface area contributed by atoms with Crippen LogP contribution in [0.25, 0.3) is 0 Å². The summed E-state index contributed by atoms with van der Waals surface area (Å²) in [6.45, 7) is 7.19. The van der Waals surface area contributed by atoms with Crippen molar-refractivity contribution in [3.8, 4) is 11.5 Å². The summed E-state index contributed by atoms with van der Waals surface area (Å²) in [4.78, 5) is 4.21. The number of hydrogen-bond donors (Lipinski definition) is 2. The molecule has 0 radical (unpaired) electrons. The Labute approximate surface area is 145 Å². The zero-order chi connectivity index (χ0) is 17.8. The number of methoxy groups -OCH3 is 2. The lowest BCUT2D eigenvalue weighted by Gasteiger charge is -2.14. The van der Waals surface area contributed by atoms with E-state index in [1.54, 1.807) is 21.3 Å². The van der Waals surface area contributed by atoms with Gasteiger partial charge in [-0.3, -0.25) is 4.99 Å². The van der Waals surface area contributed by atoms with Gasteiger partial charge in [-0.05, 0) is 24.5 Å². The quantitative estimate of drug-likeness (QED) is 0.390. The molecule has 0 aliphatic heterocycles. The molecule has 0 aliphatic rings. The number of nitrogens with zero attached hydrogens (tertiary/aromatic N) is 1. The molecule has 0 bridgehead atoms. The third-order valence-electron chi connectivity index (χ3n) is 3.54. The van der Waals surface area contributed by atoms with E-state index in [0.29, 0.717) is 19.1 Å². The van der Waals surface area contributed by atoms with Gasteiger partial charge in [0.25, 0.3) is 0 Å². The lowest BCUT2D eigenvalue weighted by molar-refractivity contribution is 0.128. The number of nitrogens with one attached hydrogen (secondary N) is 2. The molecule has 0 saturated heterocycles. The van der Waals surface area contributed by atoms with Crippen LogP contribution in [0, 0.1) is 5.92 Å². The van der Waals surface area contributed by atoms with Crippen LogP contribution >= 0.6 is 0 Å². The van der Waals surface area contributed by atoms with Crippen molar-refractivity contribution in [1.82, 2.24) is 10.6 Å². The Morgan fingerprint density at radius 2 is 1.92 bits per heavy atom. The zero-order valence-electron chi connectivity index (χ0n) is 15.5. The van der Waals surface area contributed by atoms with Crippen LogP contribution in [0.5, 0.6) is 11.5 Å². The molecule has 24 heavy (non-hydrogen) atoms. The lowest BCUT2D eigenvalue weighted by atomic mass is 10.1. The summed E-state index contributed by atoms with van der Waals surface area (Å²) < 4.78 is 16.2. The zero-order valence-corrected chi connectivity index (χ0v) is 15.5. The predicted molar refractivity (Wildman–Crippen MR) is 98.0 cm³/mol. The summed E-state index contributed by atoms with van der Waals surface area (Å²) >= 11 is 0. The van der Waals surface area contributed by atoms with E-state index in [9.17, 15) is 0 Å². The summed E-state index contributed by atoms with van der Waals surface area (Å²) in [6, 6.07) is 5.76. The molecule has 0 aliphatic carbocycles. The minimum atomic E-state index is 0.612. The van der Waals surface area contributed by atoms with Gasteiger partial charge in [0.15, 0.2) is 5.96 Å². The second-order valence-electron chi connectivity index (χ2n) is 5.83. The highest BCUT2D eigenvalue weighted by atomic mass is 16.5. The Morgan fingerprint density at radius 3 is 2.54 bits per heavy atom. The van der Waals surface area contributed by atoms with E-state index in [1.807, 2.05) is 18.2 Å². The molecule has 0 spiro atoms. The van der Waals surface area contributed by atoms with E-state index in [-0.39, 0.29) is 0 Å². The molecule has 2 N–H and O–H groups in total. The summed E-state index contributed by atoms with van der Waals surface area (Å²) in [5.74, 6) is 2.97. The molecular formula is C18H31N3O3. The molecule has 0 atom stereocenters. The summed E-state index contributed by atoms with van der Waals surface area (Å²) in [5.41, 5.74) is 1.04. The van der Waals surface area contributed by atoms with E-state index in [0.717, 1.165) is 42.6 Å². The first-order valence-electron chi connectivity index (χ1n) is 8.33. The largest absolute Gasteiger partial charge is 0.497 e. The van der Waals surface area contributed by atoms with Crippen LogP contribution in [0.2, 0.25) is 0 Å². The van der Waals surface area contributed by atoms with Gasteiger partial charge in [-0.2, -0.15) is 0 Å². The Bertz CT molecular complexity index is 504. The van der Waals surface area contributed by atoms with Crippen LogP contribution in [-0.2, 0) is 11.3 Å². The minimum Gasteiger partial charge on any atom is -0.497 e. The van der Waals surface area contributed by atoms with Gasteiger partial charge in [-0.1, -0.05) is 13.8 Å². The number of ether oxygens (including phenoxy) is 3. The van der Waals surface area contributed by atoms with Gasteiger partial charge >= 0.3 is 0 Å². The van der Waals surface area contributed by atoms with Gasteiger partial charge in [-0.25, -0.2) is 0 Å². The maximum atomic E-state index is 5.59. The minimum absolute atomic E-state index is 0.612. The molecular weight excluding hydrogens is 306 g/mol. The Kier molecular flexibility index (Phi) is 9.68. The highest BCUT2D eigenvalue weighted by Gasteiger charge is 2.06. The fourth-order valence-corrected chi connectivity index (χ4v) is 2.06. The van der Waals surface area contributed by atoms with Crippen molar-refractivity contribution in [2.45, 2.75) is 26.8 Å². The molecule has 1 aromatic rings. The monoisotopic (exact) mass is 337 g/mol. The van der Waals surface area contributed by atoms with Crippen molar-refractivity contribution >= 4 is 5.96 Å². The third kappa shape index (κ3) is 7.55. The van der Waals surface area contributed by atoms with Gasteiger partial charge in [0.1, 0.15) is 11.5 Å². The molecule has 6 heteroatoms. The van der Waals surface area contributed by atoms with Crippen molar-refractivity contribution < 1.29 is 14.2 Å². The second kappa shape index (κ2) is 11.6. The van der Waals surface area contributed by atoms with Crippen molar-refractivity contribution in [2.24, 2.45) is 10.9 Å². The second-order valence-corrected chi connectivity index (χ2v) is 5.83. The van der Waals surface area contributed by atoms with Crippen molar-refractivity contribution in [3.63, 3.8) is 0 Å². The smallest absolute Gasteiger partial charge is 0.191 e. The lowest BCUT2D eigenvalue weighted by Crippen LogP contribution is -2.38. The molecule has 0 fully saturated rings. The average molecular weight is 337 g/mol. The molecule has 0 unspecified atom stereocenters. The van der Waals surface area contributed by atoms with Crippen LogP contribution in [0.1, 0.15) is 25.8 Å². The Hall–Kier alpha value is -1.95. The van der Waals surface area contributed by atoms with Crippen molar-refractivity contribution in [1.29, 1.82) is 0 Å². The van der Waals surface area contributed by atoms with Crippen LogP contribution < -0.4 is 20.1 Å². The molecule has 0 amide bonds. The van der Waals surface area contributed by atoms with E-state index in [2.05, 4.69) is 29.5 Å². The molecule has 136 valence electrons. The molecule has 0 heterocycles. The number of benzene rings is 1. The molecule has 0 aromatic heterocycles. The third-order valence-corrected chi connectivity index (χ3v) is 3.54. The van der Waals surface area contributed by atoms with Crippen LogP contribution in [0.3, 0.4) is 0 Å². The Morgan fingerprint density at radius 1 is 1.12 bits per heavy atom. The van der Waals surface area contributed by atoms with E-state index >= 15 is 0 Å². The van der Waals surface area contributed by atoms with E-state index in [1.165, 1.54) is 0 Å². The highest BCUT2D eigenvalue weighted by molar-refractivity contribution is 5.79. The standard InChI is InChI=1S/C18H31N3O3/c1-14(2)8-10-24-11-9-20-18(19-3)21-13-15-6-7-16(22-4)12-17(15)23-5/h6-7,12,14H,8-11,13H2,1-5H3,(H2,19,20,21). The molecule has 0 saturated carbocycles. The van der Waals surface area contributed by atoms with Crippen LogP contribution in [0.4, 0.5) is 0 Å². The highest BCUT2D eigenvalue weighted by Crippen LogP contribution is 2.24. The van der Waals surface area contributed by atoms with Gasteiger partial charge in [0.2, 0.25) is 0 Å². The maximum absolute atomic E-state index is 5.59. The van der Waals surface area contributed by atoms with Gasteiger partial charge in [0.05, 0.1) is 20.8 Å². The first-order chi connectivity index (χ1) is 11.6. The number of aliphatic imine (C=N–C) groups is 1. The predicted octanol–water partition coefficient (Wildman–Crippen LogP) is 2.43. The molecule has 1 aromatic carbocycles.